The van der Waals surface area contributed by atoms with Gasteiger partial charge in [0.1, 0.15) is 11.6 Å². The SMILES string of the molecule is COc1ccc(-c2cccc(-c3cc(C)[nH]c(=O)c3C#N)c2)cc1F. The van der Waals surface area contributed by atoms with Gasteiger partial charge in [0.05, 0.1) is 7.11 Å². The third-order valence-electron chi connectivity index (χ3n) is 3.94. The molecule has 124 valence electrons. The second kappa shape index (κ2) is 6.62. The molecule has 0 aliphatic carbocycles. The first-order chi connectivity index (χ1) is 12.0. The zero-order chi connectivity index (χ0) is 18.0. The predicted octanol–water partition coefficient (Wildman–Crippen LogP) is 4.04. The smallest absolute Gasteiger partial charge is 0.266 e. The number of aromatic nitrogens is 1. The van der Waals surface area contributed by atoms with Gasteiger partial charge in [-0.25, -0.2) is 4.39 Å². The number of aromatic amines is 1. The van der Waals surface area contributed by atoms with Crippen molar-refractivity contribution in [1.29, 1.82) is 5.26 Å². The summed E-state index contributed by atoms with van der Waals surface area (Å²) in [5, 5.41) is 9.30. The predicted molar refractivity (Wildman–Crippen MR) is 93.9 cm³/mol. The number of aryl methyl sites for hydroxylation is 1. The molecular weight excluding hydrogens is 319 g/mol. The molecule has 2 aromatic carbocycles. The molecule has 3 aromatic rings. The molecule has 1 heterocycles. The fourth-order valence-corrected chi connectivity index (χ4v) is 2.74. The monoisotopic (exact) mass is 334 g/mol. The van der Waals surface area contributed by atoms with E-state index >= 15 is 0 Å². The molecule has 4 nitrogen and oxygen atoms in total. The van der Waals surface area contributed by atoms with Crippen LogP contribution in [0.2, 0.25) is 0 Å². The van der Waals surface area contributed by atoms with E-state index in [0.717, 1.165) is 11.1 Å². The number of nitrogens with zero attached hydrogens (tertiary/aromatic N) is 1. The van der Waals surface area contributed by atoms with E-state index in [2.05, 4.69) is 4.98 Å². The quantitative estimate of drug-likeness (QED) is 0.786. The maximum absolute atomic E-state index is 14.0. The first-order valence-corrected chi connectivity index (χ1v) is 7.62. The van der Waals surface area contributed by atoms with Crippen LogP contribution in [0.25, 0.3) is 22.3 Å². The molecule has 0 atom stereocenters. The highest BCUT2D eigenvalue weighted by Gasteiger charge is 2.12. The van der Waals surface area contributed by atoms with E-state index in [4.69, 9.17) is 4.74 Å². The first kappa shape index (κ1) is 16.5. The number of halogens is 1. The summed E-state index contributed by atoms with van der Waals surface area (Å²) in [4.78, 5) is 14.6. The van der Waals surface area contributed by atoms with Crippen molar-refractivity contribution in [2.45, 2.75) is 6.92 Å². The van der Waals surface area contributed by atoms with E-state index in [-0.39, 0.29) is 11.3 Å². The topological polar surface area (TPSA) is 65.9 Å². The van der Waals surface area contributed by atoms with Gasteiger partial charge in [0.15, 0.2) is 11.6 Å². The number of nitriles is 1. The molecule has 0 radical (unpaired) electrons. The van der Waals surface area contributed by atoms with Gasteiger partial charge >= 0.3 is 0 Å². The highest BCUT2D eigenvalue weighted by atomic mass is 19.1. The highest BCUT2D eigenvalue weighted by Crippen LogP contribution is 2.30. The van der Waals surface area contributed by atoms with Gasteiger partial charge in [-0.3, -0.25) is 4.79 Å². The van der Waals surface area contributed by atoms with Crippen LogP contribution in [0, 0.1) is 24.1 Å². The van der Waals surface area contributed by atoms with E-state index in [0.29, 0.717) is 16.8 Å². The van der Waals surface area contributed by atoms with Crippen molar-refractivity contribution < 1.29 is 9.13 Å². The van der Waals surface area contributed by atoms with E-state index in [1.54, 1.807) is 25.1 Å². The Labute approximate surface area is 144 Å². The van der Waals surface area contributed by atoms with Gasteiger partial charge < -0.3 is 9.72 Å². The fourth-order valence-electron chi connectivity index (χ4n) is 2.74. The van der Waals surface area contributed by atoms with Gasteiger partial charge in [0.25, 0.3) is 5.56 Å². The average molecular weight is 334 g/mol. The van der Waals surface area contributed by atoms with Crippen LogP contribution in [0.4, 0.5) is 4.39 Å². The number of hydrogen-bond acceptors (Lipinski definition) is 3. The van der Waals surface area contributed by atoms with Gasteiger partial charge in [-0.1, -0.05) is 24.3 Å². The average Bonchev–Trinajstić information content (AvgIpc) is 2.61. The summed E-state index contributed by atoms with van der Waals surface area (Å²) in [7, 11) is 1.41. The Morgan fingerprint density at radius 2 is 1.80 bits per heavy atom. The van der Waals surface area contributed by atoms with Crippen LogP contribution in [0.1, 0.15) is 11.3 Å². The molecular formula is C20H15FN2O2. The van der Waals surface area contributed by atoms with Crippen molar-refractivity contribution >= 4 is 0 Å². The normalized spacial score (nSPS) is 10.3. The summed E-state index contributed by atoms with van der Waals surface area (Å²) in [6.45, 7) is 1.76. The zero-order valence-corrected chi connectivity index (χ0v) is 13.8. The Kier molecular flexibility index (Phi) is 4.36. The number of hydrogen-bond donors (Lipinski definition) is 1. The summed E-state index contributed by atoms with van der Waals surface area (Å²) in [6.07, 6.45) is 0. The van der Waals surface area contributed by atoms with E-state index in [9.17, 15) is 14.4 Å². The Morgan fingerprint density at radius 3 is 2.48 bits per heavy atom. The Morgan fingerprint density at radius 1 is 1.08 bits per heavy atom. The lowest BCUT2D eigenvalue weighted by atomic mass is 9.96. The summed E-state index contributed by atoms with van der Waals surface area (Å²) < 4.78 is 18.9. The minimum atomic E-state index is -0.449. The molecule has 0 fully saturated rings. The van der Waals surface area contributed by atoms with E-state index < -0.39 is 11.4 Å². The molecule has 0 aliphatic rings. The van der Waals surface area contributed by atoms with Gasteiger partial charge in [-0.05, 0) is 47.9 Å². The first-order valence-electron chi connectivity index (χ1n) is 7.62. The lowest BCUT2D eigenvalue weighted by Crippen LogP contribution is -2.12. The lowest BCUT2D eigenvalue weighted by Gasteiger charge is -2.09. The maximum atomic E-state index is 14.0. The van der Waals surface area contributed by atoms with Crippen molar-refractivity contribution in [2.24, 2.45) is 0 Å². The summed E-state index contributed by atoms with van der Waals surface area (Å²) >= 11 is 0. The van der Waals surface area contributed by atoms with Gasteiger partial charge in [-0.15, -0.1) is 0 Å². The zero-order valence-electron chi connectivity index (χ0n) is 13.8. The van der Waals surface area contributed by atoms with Crippen LogP contribution in [-0.2, 0) is 0 Å². The van der Waals surface area contributed by atoms with Crippen molar-refractivity contribution in [1.82, 2.24) is 4.98 Å². The molecule has 0 amide bonds. The number of benzene rings is 2. The Bertz CT molecular complexity index is 1050. The number of H-pyrrole nitrogens is 1. The van der Waals surface area contributed by atoms with Gasteiger partial charge in [0.2, 0.25) is 0 Å². The number of nitrogens with one attached hydrogen (secondary N) is 1. The molecule has 0 bridgehead atoms. The molecule has 0 aliphatic heterocycles. The molecule has 1 aromatic heterocycles. The second-order valence-corrected chi connectivity index (χ2v) is 5.61. The highest BCUT2D eigenvalue weighted by molar-refractivity contribution is 5.76. The standard InChI is InChI=1S/C20H15FN2O2/c1-12-8-16(17(11-22)20(24)23-12)15-5-3-4-13(9-15)14-6-7-19(25-2)18(21)10-14/h3-10H,1-2H3,(H,23,24). The largest absolute Gasteiger partial charge is 0.494 e. The van der Waals surface area contributed by atoms with Crippen LogP contribution >= 0.6 is 0 Å². The lowest BCUT2D eigenvalue weighted by molar-refractivity contribution is 0.386. The van der Waals surface area contributed by atoms with Crippen molar-refractivity contribution in [2.75, 3.05) is 7.11 Å². The number of rotatable bonds is 3. The Hall–Kier alpha value is -3.39. The van der Waals surface area contributed by atoms with Crippen molar-refractivity contribution in [3.8, 4) is 34.1 Å². The molecule has 0 saturated carbocycles. The molecule has 1 N–H and O–H groups in total. The minimum Gasteiger partial charge on any atom is -0.494 e. The number of ether oxygens (including phenoxy) is 1. The second-order valence-electron chi connectivity index (χ2n) is 5.61. The number of pyridine rings is 1. The van der Waals surface area contributed by atoms with Crippen LogP contribution in [0.15, 0.2) is 53.3 Å². The molecule has 0 unspecified atom stereocenters. The van der Waals surface area contributed by atoms with Crippen LogP contribution in [0.3, 0.4) is 0 Å². The van der Waals surface area contributed by atoms with Gasteiger partial charge in [-0.2, -0.15) is 5.26 Å². The summed E-state index contributed by atoms with van der Waals surface area (Å²) in [5.74, 6) is -0.271. The Balaban J connectivity index is 2.14. The molecule has 25 heavy (non-hydrogen) atoms. The van der Waals surface area contributed by atoms with Gasteiger partial charge in [0, 0.05) is 11.3 Å². The van der Waals surface area contributed by atoms with Crippen LogP contribution < -0.4 is 10.3 Å². The molecule has 5 heteroatoms. The fraction of sp³-hybridized carbons (Fsp3) is 0.100. The molecule has 0 spiro atoms. The minimum absolute atomic E-state index is 0.0589. The molecule has 3 rings (SSSR count). The van der Waals surface area contributed by atoms with E-state index in [1.807, 2.05) is 30.3 Å². The van der Waals surface area contributed by atoms with Crippen molar-refractivity contribution in [3.05, 3.63) is 76.0 Å². The van der Waals surface area contributed by atoms with Crippen LogP contribution in [-0.4, -0.2) is 12.1 Å². The van der Waals surface area contributed by atoms with Crippen LogP contribution in [0.5, 0.6) is 5.75 Å². The van der Waals surface area contributed by atoms with E-state index in [1.165, 1.54) is 13.2 Å². The third-order valence-corrected chi connectivity index (χ3v) is 3.94. The van der Waals surface area contributed by atoms with Crippen molar-refractivity contribution in [3.63, 3.8) is 0 Å². The third kappa shape index (κ3) is 3.15. The number of methoxy groups -OCH3 is 1. The summed E-state index contributed by atoms with van der Waals surface area (Å²) in [6, 6.07) is 15.7. The summed E-state index contributed by atoms with van der Waals surface area (Å²) in [5.41, 5.74) is 3.04. The maximum Gasteiger partial charge on any atom is 0.266 e. The molecule has 0 saturated heterocycles.